The Bertz CT molecular complexity index is 1240. The molecular formula is C31H47FN4O3. The lowest BCUT2D eigenvalue weighted by Gasteiger charge is -2.47. The molecule has 2 heterocycles. The highest BCUT2D eigenvalue weighted by atomic mass is 19.1. The van der Waals surface area contributed by atoms with E-state index >= 15 is 0 Å². The number of halogens is 1. The van der Waals surface area contributed by atoms with Gasteiger partial charge in [-0.25, -0.2) is 9.18 Å². The molecule has 0 spiro atoms. The number of rotatable bonds is 7. The quantitative estimate of drug-likeness (QED) is 0.483. The van der Waals surface area contributed by atoms with E-state index in [1.54, 1.807) is 23.7 Å². The number of carbonyl (C=O) groups is 1. The van der Waals surface area contributed by atoms with Crippen molar-refractivity contribution in [2.75, 3.05) is 11.4 Å². The van der Waals surface area contributed by atoms with E-state index < -0.39 is 5.60 Å². The van der Waals surface area contributed by atoms with Crippen LogP contribution in [0.5, 0.6) is 0 Å². The molecule has 3 rings (SSSR count). The van der Waals surface area contributed by atoms with Gasteiger partial charge in [-0.3, -0.25) is 4.79 Å². The number of aromatic nitrogens is 1. The number of pyridine rings is 1. The Hall–Kier alpha value is -2.87. The van der Waals surface area contributed by atoms with E-state index in [-0.39, 0.29) is 35.6 Å². The average Bonchev–Trinajstić information content (AvgIpc) is 2.81. The van der Waals surface area contributed by atoms with Crippen LogP contribution in [0.2, 0.25) is 0 Å². The van der Waals surface area contributed by atoms with Crippen molar-refractivity contribution < 1.29 is 13.9 Å². The van der Waals surface area contributed by atoms with Crippen LogP contribution in [0.3, 0.4) is 0 Å². The van der Waals surface area contributed by atoms with Gasteiger partial charge in [-0.2, -0.15) is 0 Å². The Morgan fingerprint density at radius 1 is 1.10 bits per heavy atom. The molecule has 1 aliphatic rings. The Morgan fingerprint density at radius 3 is 2.28 bits per heavy atom. The number of hydrogen-bond acceptors (Lipinski definition) is 5. The lowest BCUT2D eigenvalue weighted by molar-refractivity contribution is -0.00250. The number of hydrogen-bond donors (Lipinski definition) is 1. The van der Waals surface area contributed by atoms with E-state index in [1.807, 2.05) is 52.5 Å². The molecule has 2 atom stereocenters. The monoisotopic (exact) mass is 542 g/mol. The molecule has 1 saturated heterocycles. The standard InChI is InChI=1S/C31H47FN4O3/c1-11-35(26-13-21(4)36(22(5)14-26)30(38)39-31(7,8)9)28-16-25(32)15-24(23(28)6)17-33-18-27-19(2)12-20(3)34(10)29(27)37/h12,15-16,21-22,26,33H,11,13-14,17-18H2,1-10H3/t21-,22-/m1/s1. The first-order chi connectivity index (χ1) is 18.1. The van der Waals surface area contributed by atoms with E-state index in [1.165, 1.54) is 0 Å². The van der Waals surface area contributed by atoms with Crippen LogP contribution >= 0.6 is 0 Å². The van der Waals surface area contributed by atoms with Gasteiger partial charge >= 0.3 is 6.09 Å². The van der Waals surface area contributed by atoms with Crippen molar-refractivity contribution in [3.63, 3.8) is 0 Å². The molecule has 0 unspecified atom stereocenters. The maximum absolute atomic E-state index is 14.9. The van der Waals surface area contributed by atoms with Crippen LogP contribution in [0.1, 0.15) is 82.3 Å². The van der Waals surface area contributed by atoms with Gasteiger partial charge in [0.2, 0.25) is 0 Å². The summed E-state index contributed by atoms with van der Waals surface area (Å²) < 4.78 is 22.3. The summed E-state index contributed by atoms with van der Waals surface area (Å²) >= 11 is 0. The van der Waals surface area contributed by atoms with Gasteiger partial charge in [0.1, 0.15) is 11.4 Å². The van der Waals surface area contributed by atoms with E-state index in [2.05, 4.69) is 31.0 Å². The number of anilines is 1. The number of ether oxygens (including phenoxy) is 1. The number of piperidine rings is 1. The molecule has 8 heteroatoms. The van der Waals surface area contributed by atoms with Crippen molar-refractivity contribution in [1.82, 2.24) is 14.8 Å². The number of likely N-dealkylation sites (tertiary alicyclic amines) is 1. The molecule has 0 bridgehead atoms. The van der Waals surface area contributed by atoms with Crippen molar-refractivity contribution >= 4 is 11.8 Å². The summed E-state index contributed by atoms with van der Waals surface area (Å²) in [5.41, 5.74) is 4.84. The summed E-state index contributed by atoms with van der Waals surface area (Å²) in [4.78, 5) is 29.8. The second-order valence-corrected chi connectivity index (χ2v) is 12.1. The average molecular weight is 543 g/mol. The zero-order valence-corrected chi connectivity index (χ0v) is 25.4. The summed E-state index contributed by atoms with van der Waals surface area (Å²) in [6.07, 6.45) is 1.27. The number of nitrogens with zero attached hydrogens (tertiary/aromatic N) is 3. The topological polar surface area (TPSA) is 66.8 Å². The van der Waals surface area contributed by atoms with Gasteiger partial charge in [0.15, 0.2) is 0 Å². The summed E-state index contributed by atoms with van der Waals surface area (Å²) in [6, 6.07) is 5.38. The van der Waals surface area contributed by atoms with Crippen LogP contribution in [0.4, 0.5) is 14.9 Å². The fraction of sp³-hybridized carbons (Fsp3) is 0.613. The number of amides is 1. The molecule has 1 N–H and O–H groups in total. The fourth-order valence-corrected chi connectivity index (χ4v) is 5.87. The Kier molecular flexibility index (Phi) is 9.52. The van der Waals surface area contributed by atoms with Gasteiger partial charge in [0.25, 0.3) is 5.56 Å². The third-order valence-corrected chi connectivity index (χ3v) is 7.93. The molecule has 7 nitrogen and oxygen atoms in total. The highest BCUT2D eigenvalue weighted by Gasteiger charge is 2.38. The van der Waals surface area contributed by atoms with Crippen LogP contribution in [-0.2, 0) is 24.9 Å². The molecule has 1 aliphatic heterocycles. The largest absolute Gasteiger partial charge is 0.444 e. The third-order valence-electron chi connectivity index (χ3n) is 7.93. The summed E-state index contributed by atoms with van der Waals surface area (Å²) in [7, 11) is 1.78. The number of benzene rings is 1. The van der Waals surface area contributed by atoms with Crippen LogP contribution in [0.15, 0.2) is 23.0 Å². The van der Waals surface area contributed by atoms with Gasteiger partial charge in [0.05, 0.1) is 0 Å². The van der Waals surface area contributed by atoms with Crippen molar-refractivity contribution in [3.05, 3.63) is 62.3 Å². The van der Waals surface area contributed by atoms with Gasteiger partial charge < -0.3 is 24.4 Å². The molecule has 1 fully saturated rings. The second kappa shape index (κ2) is 12.1. The summed E-state index contributed by atoms with van der Waals surface area (Å²) in [6.45, 7) is 19.4. The SMILES string of the molecule is CCN(c1cc(F)cc(CNCc2c(C)cc(C)n(C)c2=O)c1C)C1C[C@@H](C)N(C(=O)OC(C)(C)C)[C@H](C)C1. The molecule has 1 amide bonds. The highest BCUT2D eigenvalue weighted by Crippen LogP contribution is 2.34. The zero-order chi connectivity index (χ0) is 29.2. The van der Waals surface area contributed by atoms with Crippen molar-refractivity contribution in [2.24, 2.45) is 7.05 Å². The van der Waals surface area contributed by atoms with E-state index in [0.717, 1.165) is 53.0 Å². The molecule has 39 heavy (non-hydrogen) atoms. The zero-order valence-electron chi connectivity index (χ0n) is 25.4. The van der Waals surface area contributed by atoms with Crippen molar-refractivity contribution in [3.8, 4) is 0 Å². The highest BCUT2D eigenvalue weighted by molar-refractivity contribution is 5.69. The van der Waals surface area contributed by atoms with Gasteiger partial charge in [-0.05, 0) is 110 Å². The second-order valence-electron chi connectivity index (χ2n) is 12.1. The molecule has 0 aliphatic carbocycles. The van der Waals surface area contributed by atoms with Crippen LogP contribution in [0, 0.1) is 26.6 Å². The molecule has 1 aromatic heterocycles. The summed E-state index contributed by atoms with van der Waals surface area (Å²) in [5, 5.41) is 3.37. The van der Waals surface area contributed by atoms with Gasteiger partial charge in [-0.15, -0.1) is 0 Å². The number of aryl methyl sites for hydroxylation is 2. The minimum absolute atomic E-state index is 0.00184. The van der Waals surface area contributed by atoms with Crippen LogP contribution in [-0.4, -0.2) is 45.8 Å². The Morgan fingerprint density at radius 2 is 1.72 bits per heavy atom. The summed E-state index contributed by atoms with van der Waals surface area (Å²) in [5.74, 6) is -0.277. The minimum Gasteiger partial charge on any atom is -0.444 e. The molecular weight excluding hydrogens is 495 g/mol. The number of carbonyl (C=O) groups excluding carboxylic acids is 1. The van der Waals surface area contributed by atoms with E-state index in [4.69, 9.17) is 4.74 Å². The van der Waals surface area contributed by atoms with E-state index in [0.29, 0.717) is 13.1 Å². The Labute approximate surface area is 233 Å². The lowest BCUT2D eigenvalue weighted by atomic mass is 9.91. The lowest BCUT2D eigenvalue weighted by Crippen LogP contribution is -2.56. The maximum atomic E-state index is 14.9. The maximum Gasteiger partial charge on any atom is 0.410 e. The molecule has 0 saturated carbocycles. The fourth-order valence-electron chi connectivity index (χ4n) is 5.87. The van der Waals surface area contributed by atoms with Crippen molar-refractivity contribution in [2.45, 2.75) is 112 Å². The Balaban J connectivity index is 1.79. The first kappa shape index (κ1) is 30.7. The molecule has 2 aromatic rings. The van der Waals surface area contributed by atoms with Crippen LogP contribution in [0.25, 0.3) is 0 Å². The first-order valence-corrected chi connectivity index (χ1v) is 14.1. The van der Waals surface area contributed by atoms with Crippen LogP contribution < -0.4 is 15.8 Å². The predicted octanol–water partition coefficient (Wildman–Crippen LogP) is 5.74. The van der Waals surface area contributed by atoms with E-state index in [9.17, 15) is 14.0 Å². The number of nitrogens with one attached hydrogen (secondary N) is 1. The smallest absolute Gasteiger partial charge is 0.410 e. The van der Waals surface area contributed by atoms with Gasteiger partial charge in [0, 0.05) is 61.8 Å². The third kappa shape index (κ3) is 7.02. The van der Waals surface area contributed by atoms with Crippen molar-refractivity contribution in [1.29, 1.82) is 0 Å². The predicted molar refractivity (Wildman–Crippen MR) is 156 cm³/mol. The minimum atomic E-state index is -0.545. The first-order valence-electron chi connectivity index (χ1n) is 14.1. The molecule has 0 radical (unpaired) electrons. The normalized spacial score (nSPS) is 19.8. The molecule has 1 aromatic carbocycles. The molecule has 216 valence electrons. The van der Waals surface area contributed by atoms with Gasteiger partial charge in [-0.1, -0.05) is 0 Å².